The van der Waals surface area contributed by atoms with E-state index in [1.807, 2.05) is 31.2 Å². The minimum absolute atomic E-state index is 0.0365. The number of furan rings is 1. The molecule has 0 saturated carbocycles. The Kier molecular flexibility index (Phi) is 2.29. The van der Waals surface area contributed by atoms with Crippen molar-refractivity contribution in [3.63, 3.8) is 0 Å². The zero-order chi connectivity index (χ0) is 10.8. The molecule has 2 aromatic rings. The van der Waals surface area contributed by atoms with Gasteiger partial charge in [0.2, 0.25) is 5.76 Å². The van der Waals surface area contributed by atoms with Crippen LogP contribution in [-0.4, -0.2) is 11.1 Å². The Balaban J connectivity index is 2.37. The molecule has 1 heterocycles. The topological polar surface area (TPSA) is 50.4 Å². The lowest BCUT2D eigenvalue weighted by molar-refractivity contribution is 0.0662. The van der Waals surface area contributed by atoms with Crippen LogP contribution in [0.2, 0.25) is 0 Å². The number of aryl methyl sites for hydroxylation is 1. The Morgan fingerprint density at radius 1 is 1.20 bits per heavy atom. The fraction of sp³-hybridized carbons (Fsp3) is 0.0833. The summed E-state index contributed by atoms with van der Waals surface area (Å²) in [6.45, 7) is 2.00. The summed E-state index contributed by atoms with van der Waals surface area (Å²) in [5.74, 6) is -1.08. The van der Waals surface area contributed by atoms with Gasteiger partial charge in [-0.1, -0.05) is 29.8 Å². The molecule has 15 heavy (non-hydrogen) atoms. The molecule has 0 fully saturated rings. The van der Waals surface area contributed by atoms with Crippen molar-refractivity contribution in [2.75, 3.05) is 0 Å². The third kappa shape index (κ3) is 1.91. The summed E-state index contributed by atoms with van der Waals surface area (Å²) in [7, 11) is 0. The third-order valence-electron chi connectivity index (χ3n) is 2.20. The van der Waals surface area contributed by atoms with Crippen LogP contribution in [0.1, 0.15) is 16.1 Å². The Bertz CT molecular complexity index is 480. The summed E-state index contributed by atoms with van der Waals surface area (Å²) in [5, 5.41) is 8.70. The second kappa shape index (κ2) is 3.61. The fourth-order valence-corrected chi connectivity index (χ4v) is 1.35. The highest BCUT2D eigenvalue weighted by atomic mass is 16.4. The molecule has 0 unspecified atom stereocenters. The van der Waals surface area contributed by atoms with Crippen molar-refractivity contribution in [1.29, 1.82) is 0 Å². The quantitative estimate of drug-likeness (QED) is 0.814. The van der Waals surface area contributed by atoms with Crippen molar-refractivity contribution < 1.29 is 14.3 Å². The number of benzene rings is 1. The fourth-order valence-electron chi connectivity index (χ4n) is 1.35. The maximum absolute atomic E-state index is 10.6. The predicted octanol–water partition coefficient (Wildman–Crippen LogP) is 2.95. The van der Waals surface area contributed by atoms with Gasteiger partial charge in [-0.3, -0.25) is 0 Å². The lowest BCUT2D eigenvalue weighted by Gasteiger charge is -1.96. The van der Waals surface area contributed by atoms with E-state index in [0.717, 1.165) is 11.1 Å². The number of carbonyl (C=O) groups is 1. The van der Waals surface area contributed by atoms with E-state index in [1.165, 1.54) is 17.9 Å². The molecule has 3 nitrogen and oxygen atoms in total. The molecule has 0 atom stereocenters. The van der Waals surface area contributed by atoms with Gasteiger partial charge < -0.3 is 9.52 Å². The number of carboxylic acid groups (broad SMARTS) is 1. The van der Waals surface area contributed by atoms with Gasteiger partial charge in [-0.25, -0.2) is 4.79 Å². The molecule has 0 aliphatic heterocycles. The summed E-state index contributed by atoms with van der Waals surface area (Å²) >= 11 is 0. The van der Waals surface area contributed by atoms with Gasteiger partial charge in [-0.15, -0.1) is 0 Å². The van der Waals surface area contributed by atoms with E-state index in [-0.39, 0.29) is 5.76 Å². The first kappa shape index (κ1) is 9.52. The minimum Gasteiger partial charge on any atom is -0.475 e. The first-order valence-corrected chi connectivity index (χ1v) is 4.55. The molecule has 1 N–H and O–H groups in total. The molecule has 3 heteroatoms. The zero-order valence-corrected chi connectivity index (χ0v) is 8.23. The summed E-state index contributed by atoms with van der Waals surface area (Å²) in [4.78, 5) is 10.6. The van der Waals surface area contributed by atoms with Crippen molar-refractivity contribution in [3.8, 4) is 11.1 Å². The standard InChI is InChI=1S/C12H10O3/c1-8-2-4-9(5-3-8)10-6-11(12(13)14)15-7-10/h2-7H,1H3,(H,13,14). The Labute approximate surface area is 87.0 Å². The van der Waals surface area contributed by atoms with Crippen LogP contribution in [0.3, 0.4) is 0 Å². The highest BCUT2D eigenvalue weighted by Gasteiger charge is 2.09. The van der Waals surface area contributed by atoms with E-state index >= 15 is 0 Å². The molecule has 0 spiro atoms. The SMILES string of the molecule is Cc1ccc(-c2coc(C(=O)O)c2)cc1. The molecule has 76 valence electrons. The minimum atomic E-state index is -1.05. The predicted molar refractivity (Wildman–Crippen MR) is 55.8 cm³/mol. The monoisotopic (exact) mass is 202 g/mol. The lowest BCUT2D eigenvalue weighted by Crippen LogP contribution is -1.91. The number of hydrogen-bond donors (Lipinski definition) is 1. The van der Waals surface area contributed by atoms with Crippen LogP contribution < -0.4 is 0 Å². The van der Waals surface area contributed by atoms with E-state index in [9.17, 15) is 4.79 Å². The van der Waals surface area contributed by atoms with Gasteiger partial charge in [0.05, 0.1) is 6.26 Å². The molecule has 1 aromatic carbocycles. The largest absolute Gasteiger partial charge is 0.475 e. The Hall–Kier alpha value is -2.03. The normalized spacial score (nSPS) is 10.2. The van der Waals surface area contributed by atoms with Crippen LogP contribution in [-0.2, 0) is 0 Å². The van der Waals surface area contributed by atoms with Crippen molar-refractivity contribution in [2.45, 2.75) is 6.92 Å². The van der Waals surface area contributed by atoms with E-state index in [1.54, 1.807) is 0 Å². The van der Waals surface area contributed by atoms with Crippen LogP contribution >= 0.6 is 0 Å². The molecular formula is C12H10O3. The van der Waals surface area contributed by atoms with Crippen LogP contribution in [0.5, 0.6) is 0 Å². The maximum Gasteiger partial charge on any atom is 0.371 e. The molecule has 0 aliphatic carbocycles. The van der Waals surface area contributed by atoms with Crippen molar-refractivity contribution in [1.82, 2.24) is 0 Å². The van der Waals surface area contributed by atoms with Gasteiger partial charge in [-0.2, -0.15) is 0 Å². The lowest BCUT2D eigenvalue weighted by atomic mass is 10.1. The van der Waals surface area contributed by atoms with Gasteiger partial charge in [-0.05, 0) is 18.6 Å². The summed E-state index contributed by atoms with van der Waals surface area (Å²) in [6, 6.07) is 9.34. The number of carboxylic acids is 1. The van der Waals surface area contributed by atoms with Crippen molar-refractivity contribution >= 4 is 5.97 Å². The molecule has 1 aromatic heterocycles. The number of hydrogen-bond acceptors (Lipinski definition) is 2. The second-order valence-electron chi connectivity index (χ2n) is 3.37. The average molecular weight is 202 g/mol. The van der Waals surface area contributed by atoms with E-state index < -0.39 is 5.97 Å². The highest BCUT2D eigenvalue weighted by molar-refractivity contribution is 5.86. The first-order chi connectivity index (χ1) is 7.16. The molecular weight excluding hydrogens is 192 g/mol. The van der Waals surface area contributed by atoms with Gasteiger partial charge in [0, 0.05) is 5.56 Å². The highest BCUT2D eigenvalue weighted by Crippen LogP contribution is 2.22. The first-order valence-electron chi connectivity index (χ1n) is 4.55. The second-order valence-corrected chi connectivity index (χ2v) is 3.37. The summed E-state index contributed by atoms with van der Waals surface area (Å²) < 4.78 is 4.91. The van der Waals surface area contributed by atoms with Crippen LogP contribution in [0.25, 0.3) is 11.1 Å². The third-order valence-corrected chi connectivity index (χ3v) is 2.20. The summed E-state index contributed by atoms with van der Waals surface area (Å²) in [6.07, 6.45) is 1.45. The van der Waals surface area contributed by atoms with Crippen LogP contribution in [0.4, 0.5) is 0 Å². The molecule has 2 rings (SSSR count). The van der Waals surface area contributed by atoms with Gasteiger partial charge in [0.1, 0.15) is 0 Å². The smallest absolute Gasteiger partial charge is 0.371 e. The average Bonchev–Trinajstić information content (AvgIpc) is 2.68. The van der Waals surface area contributed by atoms with Gasteiger partial charge in [0.25, 0.3) is 0 Å². The van der Waals surface area contributed by atoms with E-state index in [4.69, 9.17) is 9.52 Å². The molecule has 0 aliphatic rings. The molecule has 0 amide bonds. The number of rotatable bonds is 2. The zero-order valence-electron chi connectivity index (χ0n) is 8.23. The van der Waals surface area contributed by atoms with E-state index in [0.29, 0.717) is 0 Å². The van der Waals surface area contributed by atoms with Crippen LogP contribution in [0, 0.1) is 6.92 Å². The van der Waals surface area contributed by atoms with Crippen LogP contribution in [0.15, 0.2) is 41.0 Å². The van der Waals surface area contributed by atoms with E-state index in [2.05, 4.69) is 0 Å². The summed E-state index contributed by atoms with van der Waals surface area (Å²) in [5.41, 5.74) is 2.91. The Morgan fingerprint density at radius 2 is 1.87 bits per heavy atom. The van der Waals surface area contributed by atoms with Gasteiger partial charge in [0.15, 0.2) is 0 Å². The molecule has 0 saturated heterocycles. The van der Waals surface area contributed by atoms with Crippen molar-refractivity contribution in [3.05, 3.63) is 47.9 Å². The van der Waals surface area contributed by atoms with Gasteiger partial charge >= 0.3 is 5.97 Å². The maximum atomic E-state index is 10.6. The Morgan fingerprint density at radius 3 is 2.40 bits per heavy atom. The molecule has 0 bridgehead atoms. The molecule has 0 radical (unpaired) electrons. The number of aromatic carboxylic acids is 1. The van der Waals surface area contributed by atoms with Crippen molar-refractivity contribution in [2.24, 2.45) is 0 Å².